The highest BCUT2D eigenvalue weighted by molar-refractivity contribution is 5.81. The van der Waals surface area contributed by atoms with Crippen molar-refractivity contribution in [3.63, 3.8) is 0 Å². The van der Waals surface area contributed by atoms with E-state index in [2.05, 4.69) is 12.2 Å². The van der Waals surface area contributed by atoms with Crippen LogP contribution < -0.4 is 5.32 Å². The number of hydrogen-bond donors (Lipinski definition) is 1. The molecule has 0 rings (SSSR count). The van der Waals surface area contributed by atoms with Crippen LogP contribution in [0.2, 0.25) is 0 Å². The van der Waals surface area contributed by atoms with E-state index in [-0.39, 0.29) is 11.9 Å². The van der Waals surface area contributed by atoms with Crippen molar-refractivity contribution in [3.05, 3.63) is 0 Å². The van der Waals surface area contributed by atoms with Crippen molar-refractivity contribution in [2.75, 3.05) is 13.2 Å². The van der Waals surface area contributed by atoms with Crippen molar-refractivity contribution in [1.82, 2.24) is 5.32 Å². The molecular formula is C25H49NO4. The van der Waals surface area contributed by atoms with Crippen LogP contribution in [0.1, 0.15) is 124 Å². The smallest absolute Gasteiger partial charge is 0.407 e. The zero-order valence-electron chi connectivity index (χ0n) is 20.3. The molecule has 2 atom stereocenters. The summed E-state index contributed by atoms with van der Waals surface area (Å²) >= 11 is 0. The minimum atomic E-state index is -0.638. The van der Waals surface area contributed by atoms with Crippen LogP contribution in [-0.4, -0.2) is 31.3 Å². The van der Waals surface area contributed by atoms with Gasteiger partial charge >= 0.3 is 12.1 Å². The monoisotopic (exact) mass is 427 g/mol. The zero-order valence-corrected chi connectivity index (χ0v) is 20.3. The van der Waals surface area contributed by atoms with Gasteiger partial charge in [-0.05, 0) is 18.8 Å². The Morgan fingerprint density at radius 3 is 1.63 bits per heavy atom. The van der Waals surface area contributed by atoms with Gasteiger partial charge in [0.1, 0.15) is 6.04 Å². The lowest BCUT2D eigenvalue weighted by atomic mass is 9.99. The Morgan fingerprint density at radius 1 is 0.667 bits per heavy atom. The standard InChI is InChI=1S/C25H49NO4/c1-5-8-9-10-11-12-13-14-15-16-17-18-19-21-29-24(27)23(22(4)7-3)26-25(28)30-20-6-2/h22-23H,5-21H2,1-4H3,(H,26,28). The normalized spacial score (nSPS) is 12.9. The molecule has 0 spiro atoms. The molecule has 0 heterocycles. The highest BCUT2D eigenvalue weighted by Crippen LogP contribution is 2.13. The van der Waals surface area contributed by atoms with Crippen LogP contribution in [0.15, 0.2) is 0 Å². The number of hydrogen-bond acceptors (Lipinski definition) is 4. The van der Waals surface area contributed by atoms with Gasteiger partial charge in [-0.2, -0.15) is 0 Å². The van der Waals surface area contributed by atoms with E-state index in [9.17, 15) is 9.59 Å². The third kappa shape index (κ3) is 16.5. The Hall–Kier alpha value is -1.26. The maximum Gasteiger partial charge on any atom is 0.407 e. The molecule has 2 unspecified atom stereocenters. The van der Waals surface area contributed by atoms with E-state index in [1.54, 1.807) is 0 Å². The van der Waals surface area contributed by atoms with Crippen molar-refractivity contribution in [1.29, 1.82) is 0 Å². The molecule has 30 heavy (non-hydrogen) atoms. The number of rotatable bonds is 20. The van der Waals surface area contributed by atoms with Crippen molar-refractivity contribution in [3.8, 4) is 0 Å². The van der Waals surface area contributed by atoms with Crippen LogP contribution in [0.25, 0.3) is 0 Å². The predicted molar refractivity (Wildman–Crippen MR) is 125 cm³/mol. The van der Waals surface area contributed by atoms with Gasteiger partial charge in [-0.25, -0.2) is 9.59 Å². The van der Waals surface area contributed by atoms with Gasteiger partial charge < -0.3 is 14.8 Å². The third-order valence-corrected chi connectivity index (χ3v) is 5.67. The molecule has 0 aliphatic heterocycles. The number of ether oxygens (including phenoxy) is 2. The molecule has 0 radical (unpaired) electrons. The first kappa shape index (κ1) is 28.7. The van der Waals surface area contributed by atoms with E-state index in [1.807, 2.05) is 20.8 Å². The minimum Gasteiger partial charge on any atom is -0.464 e. The Balaban J connectivity index is 3.74. The first-order valence-corrected chi connectivity index (χ1v) is 12.7. The lowest BCUT2D eigenvalue weighted by molar-refractivity contribution is -0.147. The van der Waals surface area contributed by atoms with Crippen molar-refractivity contribution in [2.24, 2.45) is 5.92 Å². The molecule has 0 aromatic carbocycles. The highest BCUT2D eigenvalue weighted by Gasteiger charge is 2.27. The van der Waals surface area contributed by atoms with Gasteiger partial charge in [-0.3, -0.25) is 0 Å². The summed E-state index contributed by atoms with van der Waals surface area (Å²) in [6.07, 6.45) is 17.8. The third-order valence-electron chi connectivity index (χ3n) is 5.67. The lowest BCUT2D eigenvalue weighted by Crippen LogP contribution is -2.46. The highest BCUT2D eigenvalue weighted by atomic mass is 16.6. The maximum atomic E-state index is 12.4. The second-order valence-corrected chi connectivity index (χ2v) is 8.55. The van der Waals surface area contributed by atoms with E-state index in [4.69, 9.17) is 9.47 Å². The summed E-state index contributed by atoms with van der Waals surface area (Å²) in [6, 6.07) is -0.638. The maximum absolute atomic E-state index is 12.4. The molecule has 0 aromatic heterocycles. The number of nitrogens with one attached hydrogen (secondary N) is 1. The summed E-state index contributed by atoms with van der Waals surface area (Å²) in [6.45, 7) is 8.91. The minimum absolute atomic E-state index is 0.0123. The molecule has 1 N–H and O–H groups in total. The van der Waals surface area contributed by atoms with Gasteiger partial charge in [0.2, 0.25) is 0 Å². The first-order chi connectivity index (χ1) is 14.6. The molecule has 0 saturated carbocycles. The lowest BCUT2D eigenvalue weighted by Gasteiger charge is -2.22. The first-order valence-electron chi connectivity index (χ1n) is 12.7. The van der Waals surface area contributed by atoms with Gasteiger partial charge in [-0.1, -0.05) is 111 Å². The Morgan fingerprint density at radius 2 is 1.17 bits per heavy atom. The number of alkyl carbamates (subject to hydrolysis) is 1. The summed E-state index contributed by atoms with van der Waals surface area (Å²) in [4.78, 5) is 24.2. The SMILES string of the molecule is CCCCCCCCCCCCCCCOC(=O)C(NC(=O)OCCC)C(C)CC. The fourth-order valence-corrected chi connectivity index (χ4v) is 3.41. The molecule has 0 fully saturated rings. The fraction of sp³-hybridized carbons (Fsp3) is 0.920. The van der Waals surface area contributed by atoms with Crippen molar-refractivity contribution >= 4 is 12.1 Å². The van der Waals surface area contributed by atoms with Gasteiger partial charge in [0.05, 0.1) is 13.2 Å². The van der Waals surface area contributed by atoms with Crippen LogP contribution in [0.3, 0.4) is 0 Å². The molecule has 1 amide bonds. The number of esters is 1. The van der Waals surface area contributed by atoms with Gasteiger partial charge in [0.25, 0.3) is 0 Å². The topological polar surface area (TPSA) is 64.6 Å². The van der Waals surface area contributed by atoms with Crippen LogP contribution >= 0.6 is 0 Å². The average Bonchev–Trinajstić information content (AvgIpc) is 2.75. The molecule has 0 aliphatic rings. The molecule has 0 saturated heterocycles. The fourth-order valence-electron chi connectivity index (χ4n) is 3.41. The quantitative estimate of drug-likeness (QED) is 0.165. The van der Waals surface area contributed by atoms with Crippen LogP contribution in [0.5, 0.6) is 0 Å². The Bertz CT molecular complexity index is 414. The molecule has 0 aliphatic carbocycles. The Kier molecular flexibility index (Phi) is 20.1. The number of carbonyl (C=O) groups is 2. The van der Waals surface area contributed by atoms with Gasteiger partial charge in [-0.15, -0.1) is 0 Å². The van der Waals surface area contributed by atoms with E-state index in [0.717, 1.165) is 25.7 Å². The molecule has 5 heteroatoms. The summed E-state index contributed by atoms with van der Waals surface area (Å²) in [5.41, 5.74) is 0. The van der Waals surface area contributed by atoms with Crippen LogP contribution in [-0.2, 0) is 14.3 Å². The van der Waals surface area contributed by atoms with Gasteiger partial charge in [0, 0.05) is 0 Å². The average molecular weight is 428 g/mol. The van der Waals surface area contributed by atoms with Crippen LogP contribution in [0.4, 0.5) is 4.79 Å². The predicted octanol–water partition coefficient (Wildman–Crippen LogP) is 7.17. The van der Waals surface area contributed by atoms with Gasteiger partial charge in [0.15, 0.2) is 0 Å². The Labute approximate surface area is 186 Å². The van der Waals surface area contributed by atoms with E-state index in [1.165, 1.54) is 70.6 Å². The second-order valence-electron chi connectivity index (χ2n) is 8.55. The molecule has 5 nitrogen and oxygen atoms in total. The number of carbonyl (C=O) groups excluding carboxylic acids is 2. The van der Waals surface area contributed by atoms with E-state index in [0.29, 0.717) is 13.2 Å². The van der Waals surface area contributed by atoms with Crippen LogP contribution in [0, 0.1) is 5.92 Å². The molecular weight excluding hydrogens is 378 g/mol. The van der Waals surface area contributed by atoms with Crippen molar-refractivity contribution < 1.29 is 19.1 Å². The molecule has 0 bridgehead atoms. The summed E-state index contributed by atoms with van der Waals surface area (Å²) in [7, 11) is 0. The van der Waals surface area contributed by atoms with E-state index < -0.39 is 12.1 Å². The van der Waals surface area contributed by atoms with Crippen molar-refractivity contribution in [2.45, 2.75) is 130 Å². The molecule has 0 aromatic rings. The summed E-state index contributed by atoms with van der Waals surface area (Å²) in [5, 5.41) is 2.67. The van der Waals surface area contributed by atoms with E-state index >= 15 is 0 Å². The summed E-state index contributed by atoms with van der Waals surface area (Å²) in [5.74, 6) is -0.338. The number of unbranched alkanes of at least 4 members (excludes halogenated alkanes) is 12. The second kappa shape index (κ2) is 21.0. The summed E-state index contributed by atoms with van der Waals surface area (Å²) < 4.78 is 10.5. The zero-order chi connectivity index (χ0) is 22.5. The largest absolute Gasteiger partial charge is 0.464 e. The molecule has 178 valence electrons. The number of amides is 1.